The Bertz CT molecular complexity index is 655. The lowest BCUT2D eigenvalue weighted by atomic mass is 9.71. The van der Waals surface area contributed by atoms with Crippen LogP contribution in [0.5, 0.6) is 0 Å². The van der Waals surface area contributed by atoms with Crippen LogP contribution in [0.2, 0.25) is 0 Å². The van der Waals surface area contributed by atoms with Crippen molar-refractivity contribution in [2.75, 3.05) is 18.1 Å². The summed E-state index contributed by atoms with van der Waals surface area (Å²) in [6.07, 6.45) is 2.86. The van der Waals surface area contributed by atoms with E-state index in [0.717, 1.165) is 24.1 Å². The van der Waals surface area contributed by atoms with Gasteiger partial charge in [0.2, 0.25) is 11.8 Å². The predicted octanol–water partition coefficient (Wildman–Crippen LogP) is 1.51. The molecule has 3 aliphatic rings. The minimum atomic E-state index is -0.151. The molecule has 2 amide bonds. The van der Waals surface area contributed by atoms with Crippen molar-refractivity contribution in [3.05, 3.63) is 29.8 Å². The van der Waals surface area contributed by atoms with Gasteiger partial charge in [-0.2, -0.15) is 0 Å². The Morgan fingerprint density at radius 3 is 2.65 bits per heavy atom. The number of para-hydroxylation sites is 1. The van der Waals surface area contributed by atoms with E-state index in [1.807, 2.05) is 29.2 Å². The molecule has 1 saturated heterocycles. The molecule has 3 atom stereocenters. The first-order valence-corrected chi connectivity index (χ1v) is 8.41. The number of rotatable bonds is 3. The summed E-state index contributed by atoms with van der Waals surface area (Å²) < 4.78 is 0. The van der Waals surface area contributed by atoms with E-state index in [2.05, 4.69) is 0 Å². The van der Waals surface area contributed by atoms with Crippen LogP contribution in [-0.4, -0.2) is 47.1 Å². The lowest BCUT2D eigenvalue weighted by Crippen LogP contribution is -2.70. The standard InChI is InChI=1S/C18H22N2O3/c1-11(22)19-9-15-18(13-4-2-3-5-14(13)19)16(10-21)20(15)17(23)8-12-6-7-12/h2-5,12,15-16,18,21H,6-10H2,1H3/t15-,16+,18+/m1/s1. The molecular weight excluding hydrogens is 292 g/mol. The molecule has 1 aliphatic carbocycles. The second kappa shape index (κ2) is 5.34. The number of carbonyl (C=O) groups excluding carboxylic acids is 2. The second-order valence-corrected chi connectivity index (χ2v) is 6.98. The predicted molar refractivity (Wildman–Crippen MR) is 86.1 cm³/mol. The highest BCUT2D eigenvalue weighted by Gasteiger charge is 2.55. The van der Waals surface area contributed by atoms with Crippen molar-refractivity contribution in [1.82, 2.24) is 4.90 Å². The van der Waals surface area contributed by atoms with Gasteiger partial charge in [0.05, 0.1) is 18.7 Å². The van der Waals surface area contributed by atoms with Crippen LogP contribution in [0.15, 0.2) is 24.3 Å². The van der Waals surface area contributed by atoms with E-state index in [0.29, 0.717) is 18.9 Å². The minimum absolute atomic E-state index is 0.00191. The zero-order valence-corrected chi connectivity index (χ0v) is 13.3. The average molecular weight is 314 g/mol. The number of carbonyl (C=O) groups is 2. The van der Waals surface area contributed by atoms with Gasteiger partial charge in [0.1, 0.15) is 0 Å². The molecule has 2 fully saturated rings. The third-order valence-corrected chi connectivity index (χ3v) is 5.52. The number of aliphatic hydroxyl groups excluding tert-OH is 1. The summed E-state index contributed by atoms with van der Waals surface area (Å²) in [5, 5.41) is 9.82. The molecular formula is C18H22N2O3. The topological polar surface area (TPSA) is 60.9 Å². The quantitative estimate of drug-likeness (QED) is 0.920. The van der Waals surface area contributed by atoms with E-state index < -0.39 is 0 Å². The molecule has 1 saturated carbocycles. The lowest BCUT2D eigenvalue weighted by molar-refractivity contribution is -0.151. The first-order chi connectivity index (χ1) is 11.1. The highest BCUT2D eigenvalue weighted by molar-refractivity contribution is 5.94. The molecule has 23 heavy (non-hydrogen) atoms. The highest BCUT2D eigenvalue weighted by atomic mass is 16.3. The number of hydrogen-bond acceptors (Lipinski definition) is 3. The van der Waals surface area contributed by atoms with Crippen molar-refractivity contribution in [3.63, 3.8) is 0 Å². The van der Waals surface area contributed by atoms with E-state index in [4.69, 9.17) is 0 Å². The molecule has 1 N–H and O–H groups in total. The van der Waals surface area contributed by atoms with Crippen LogP contribution in [0, 0.1) is 5.92 Å². The third-order valence-electron chi connectivity index (χ3n) is 5.52. The van der Waals surface area contributed by atoms with Crippen molar-refractivity contribution in [2.24, 2.45) is 5.92 Å². The summed E-state index contributed by atoms with van der Waals surface area (Å²) in [4.78, 5) is 28.2. The molecule has 5 nitrogen and oxygen atoms in total. The molecule has 1 aromatic carbocycles. The maximum absolute atomic E-state index is 12.6. The van der Waals surface area contributed by atoms with Crippen molar-refractivity contribution in [3.8, 4) is 0 Å². The van der Waals surface area contributed by atoms with Crippen LogP contribution in [-0.2, 0) is 9.59 Å². The number of amides is 2. The summed E-state index contributed by atoms with van der Waals surface area (Å²) in [5.74, 6) is 0.796. The Hall–Kier alpha value is -1.88. The van der Waals surface area contributed by atoms with E-state index in [1.54, 1.807) is 11.8 Å². The first-order valence-electron chi connectivity index (χ1n) is 8.41. The highest BCUT2D eigenvalue weighted by Crippen LogP contribution is 2.49. The molecule has 0 spiro atoms. The Kier molecular flexibility index (Phi) is 3.41. The molecule has 2 aliphatic heterocycles. The van der Waals surface area contributed by atoms with Crippen molar-refractivity contribution < 1.29 is 14.7 Å². The number of nitrogens with zero attached hydrogens (tertiary/aromatic N) is 2. The minimum Gasteiger partial charge on any atom is -0.394 e. The molecule has 5 heteroatoms. The maximum Gasteiger partial charge on any atom is 0.223 e. The maximum atomic E-state index is 12.6. The van der Waals surface area contributed by atoms with Crippen LogP contribution in [0.25, 0.3) is 0 Å². The summed E-state index contributed by atoms with van der Waals surface area (Å²) >= 11 is 0. The van der Waals surface area contributed by atoms with Crippen LogP contribution in [0.1, 0.15) is 37.7 Å². The number of hydrogen-bond donors (Lipinski definition) is 1. The van der Waals surface area contributed by atoms with Crippen LogP contribution in [0.3, 0.4) is 0 Å². The smallest absolute Gasteiger partial charge is 0.223 e. The van der Waals surface area contributed by atoms with Crippen molar-refractivity contribution >= 4 is 17.5 Å². The number of benzene rings is 1. The summed E-state index contributed by atoms with van der Waals surface area (Å²) in [6.45, 7) is 2.07. The van der Waals surface area contributed by atoms with Gasteiger partial charge in [-0.15, -0.1) is 0 Å². The van der Waals surface area contributed by atoms with Gasteiger partial charge in [0.15, 0.2) is 0 Å². The Morgan fingerprint density at radius 1 is 1.26 bits per heavy atom. The molecule has 0 unspecified atom stereocenters. The molecule has 1 aromatic rings. The van der Waals surface area contributed by atoms with Crippen LogP contribution < -0.4 is 4.90 Å². The zero-order valence-electron chi connectivity index (χ0n) is 13.3. The summed E-state index contributed by atoms with van der Waals surface area (Å²) in [7, 11) is 0. The number of aliphatic hydroxyl groups is 1. The Balaban J connectivity index is 1.66. The number of fused-ring (bicyclic) bond motifs is 3. The van der Waals surface area contributed by atoms with E-state index in [9.17, 15) is 14.7 Å². The fraction of sp³-hybridized carbons (Fsp3) is 0.556. The number of likely N-dealkylation sites (tertiary alicyclic amines) is 1. The number of anilines is 1. The van der Waals surface area contributed by atoms with Gasteiger partial charge in [0.25, 0.3) is 0 Å². The van der Waals surface area contributed by atoms with Gasteiger partial charge < -0.3 is 14.9 Å². The van der Waals surface area contributed by atoms with Gasteiger partial charge in [-0.3, -0.25) is 9.59 Å². The van der Waals surface area contributed by atoms with E-state index >= 15 is 0 Å². The monoisotopic (exact) mass is 314 g/mol. The van der Waals surface area contributed by atoms with Crippen LogP contribution >= 0.6 is 0 Å². The van der Waals surface area contributed by atoms with Crippen molar-refractivity contribution in [2.45, 2.75) is 44.2 Å². The normalized spacial score (nSPS) is 28.7. The molecule has 0 bridgehead atoms. The molecule has 2 heterocycles. The second-order valence-electron chi connectivity index (χ2n) is 6.98. The van der Waals surface area contributed by atoms with Crippen LogP contribution in [0.4, 0.5) is 5.69 Å². The summed E-state index contributed by atoms with van der Waals surface area (Å²) in [5.41, 5.74) is 2.00. The van der Waals surface area contributed by atoms with Gasteiger partial charge in [-0.05, 0) is 30.4 Å². The molecule has 122 valence electrons. The zero-order chi connectivity index (χ0) is 16.1. The third kappa shape index (κ3) is 2.26. The van der Waals surface area contributed by atoms with E-state index in [-0.39, 0.29) is 36.4 Å². The average Bonchev–Trinajstić information content (AvgIpc) is 3.31. The van der Waals surface area contributed by atoms with Gasteiger partial charge >= 0.3 is 0 Å². The van der Waals surface area contributed by atoms with E-state index in [1.165, 1.54) is 0 Å². The fourth-order valence-corrected chi connectivity index (χ4v) is 4.21. The largest absolute Gasteiger partial charge is 0.394 e. The van der Waals surface area contributed by atoms with Gasteiger partial charge in [-0.25, -0.2) is 0 Å². The first kappa shape index (κ1) is 14.7. The van der Waals surface area contributed by atoms with Gasteiger partial charge in [-0.1, -0.05) is 18.2 Å². The lowest BCUT2D eigenvalue weighted by Gasteiger charge is -2.59. The SMILES string of the molecule is CC(=O)N1C[C@@H]2[C@H](c3ccccc31)[C@H](CO)N2C(=O)CC1CC1. The fourth-order valence-electron chi connectivity index (χ4n) is 4.21. The molecule has 0 aromatic heterocycles. The molecule has 0 radical (unpaired) electrons. The summed E-state index contributed by atoms with van der Waals surface area (Å²) in [6, 6.07) is 7.71. The molecule has 4 rings (SSSR count). The van der Waals surface area contributed by atoms with Crippen molar-refractivity contribution in [1.29, 1.82) is 0 Å². The Labute approximate surface area is 135 Å². The Morgan fingerprint density at radius 2 is 2.00 bits per heavy atom. The van der Waals surface area contributed by atoms with Gasteiger partial charge in [0, 0.05) is 31.5 Å².